The highest BCUT2D eigenvalue weighted by atomic mass is 19.4. The van der Waals surface area contributed by atoms with Gasteiger partial charge in [-0.2, -0.15) is 13.2 Å². The summed E-state index contributed by atoms with van der Waals surface area (Å²) in [5.41, 5.74) is 6.56. The van der Waals surface area contributed by atoms with Gasteiger partial charge in [-0.05, 0) is 49.5 Å². The van der Waals surface area contributed by atoms with Crippen molar-refractivity contribution in [3.63, 3.8) is 0 Å². The van der Waals surface area contributed by atoms with E-state index in [1.807, 2.05) is 4.90 Å². The highest BCUT2D eigenvalue weighted by Crippen LogP contribution is 2.31. The number of carbonyl (C=O) groups is 1. The van der Waals surface area contributed by atoms with E-state index in [0.717, 1.165) is 5.56 Å². The van der Waals surface area contributed by atoms with Crippen molar-refractivity contribution in [1.82, 2.24) is 4.90 Å². The van der Waals surface area contributed by atoms with E-state index in [9.17, 15) is 23.1 Å². The van der Waals surface area contributed by atoms with E-state index in [-0.39, 0.29) is 0 Å². The van der Waals surface area contributed by atoms with Crippen molar-refractivity contribution in [3.8, 4) is 0 Å². The van der Waals surface area contributed by atoms with Gasteiger partial charge in [0, 0.05) is 12.1 Å². The van der Waals surface area contributed by atoms with Gasteiger partial charge >= 0.3 is 6.18 Å². The van der Waals surface area contributed by atoms with Crippen molar-refractivity contribution in [2.75, 3.05) is 13.1 Å². The second-order valence-electron chi connectivity index (χ2n) is 5.66. The number of halogens is 3. The zero-order valence-electron chi connectivity index (χ0n) is 12.0. The minimum Gasteiger partial charge on any atom is -0.383 e. The van der Waals surface area contributed by atoms with Gasteiger partial charge in [0.15, 0.2) is 6.10 Å². The van der Waals surface area contributed by atoms with E-state index in [1.54, 1.807) is 24.3 Å². The van der Waals surface area contributed by atoms with Crippen molar-refractivity contribution in [3.05, 3.63) is 35.4 Å². The number of primary amides is 1. The summed E-state index contributed by atoms with van der Waals surface area (Å²) in [6, 6.07) is 6.85. The van der Waals surface area contributed by atoms with Crippen LogP contribution in [-0.2, 0) is 6.54 Å². The van der Waals surface area contributed by atoms with Crippen LogP contribution in [0.15, 0.2) is 24.3 Å². The summed E-state index contributed by atoms with van der Waals surface area (Å²) < 4.78 is 37.4. The highest BCUT2D eigenvalue weighted by Gasteiger charge is 2.44. The fourth-order valence-corrected chi connectivity index (χ4v) is 2.73. The molecular weight excluding hydrogens is 297 g/mol. The summed E-state index contributed by atoms with van der Waals surface area (Å²) in [6.07, 6.45) is -6.14. The number of hydrogen-bond acceptors (Lipinski definition) is 3. The number of likely N-dealkylation sites (tertiary alicyclic amines) is 1. The predicted octanol–water partition coefficient (Wildman–Crippen LogP) is 1.92. The quantitative estimate of drug-likeness (QED) is 0.892. The molecule has 4 nitrogen and oxygen atoms in total. The van der Waals surface area contributed by atoms with Gasteiger partial charge in [0.1, 0.15) is 0 Å². The number of carbonyl (C=O) groups excluding carboxylic acids is 1. The SMILES string of the molecule is NC(=O)c1ccc(CN2CCC(C(O)C(F)(F)F)CC2)cc1. The Morgan fingerprint density at radius 3 is 2.27 bits per heavy atom. The molecule has 1 heterocycles. The van der Waals surface area contributed by atoms with Crippen molar-refractivity contribution in [1.29, 1.82) is 0 Å². The van der Waals surface area contributed by atoms with Crippen LogP contribution in [0.2, 0.25) is 0 Å². The van der Waals surface area contributed by atoms with Crippen LogP contribution in [0, 0.1) is 5.92 Å². The third-order valence-corrected chi connectivity index (χ3v) is 4.06. The molecule has 22 heavy (non-hydrogen) atoms. The summed E-state index contributed by atoms with van der Waals surface area (Å²) in [5.74, 6) is -1.22. The lowest BCUT2D eigenvalue weighted by atomic mass is 9.90. The van der Waals surface area contributed by atoms with Crippen LogP contribution in [-0.4, -0.2) is 41.3 Å². The summed E-state index contributed by atoms with van der Waals surface area (Å²) in [7, 11) is 0. The molecule has 1 fully saturated rings. The van der Waals surface area contributed by atoms with Gasteiger partial charge in [-0.3, -0.25) is 9.69 Å². The molecule has 0 radical (unpaired) electrons. The Kier molecular flexibility index (Phi) is 5.08. The van der Waals surface area contributed by atoms with Crippen LogP contribution in [0.3, 0.4) is 0 Å². The second kappa shape index (κ2) is 6.66. The van der Waals surface area contributed by atoms with Crippen molar-refractivity contribution < 1.29 is 23.1 Å². The number of aliphatic hydroxyl groups is 1. The van der Waals surface area contributed by atoms with Gasteiger partial charge in [-0.25, -0.2) is 0 Å². The second-order valence-corrected chi connectivity index (χ2v) is 5.66. The van der Waals surface area contributed by atoms with Crippen LogP contribution in [0.5, 0.6) is 0 Å². The number of nitrogens with two attached hydrogens (primary N) is 1. The first-order valence-corrected chi connectivity index (χ1v) is 7.13. The molecule has 0 spiro atoms. The third kappa shape index (κ3) is 4.20. The van der Waals surface area contributed by atoms with Crippen molar-refractivity contribution >= 4 is 5.91 Å². The molecular formula is C15H19F3N2O2. The first-order chi connectivity index (χ1) is 10.3. The van der Waals surface area contributed by atoms with Crippen LogP contribution in [0.4, 0.5) is 13.2 Å². The van der Waals surface area contributed by atoms with E-state index in [0.29, 0.717) is 38.0 Å². The fourth-order valence-electron chi connectivity index (χ4n) is 2.73. The number of amides is 1. The Balaban J connectivity index is 1.86. The smallest absolute Gasteiger partial charge is 0.383 e. The van der Waals surface area contributed by atoms with Gasteiger partial charge in [-0.1, -0.05) is 12.1 Å². The molecule has 0 aromatic heterocycles. The largest absolute Gasteiger partial charge is 0.414 e. The topological polar surface area (TPSA) is 66.6 Å². The number of hydrogen-bond donors (Lipinski definition) is 2. The number of nitrogens with zero attached hydrogens (tertiary/aromatic N) is 1. The Bertz CT molecular complexity index is 509. The Morgan fingerprint density at radius 1 is 1.27 bits per heavy atom. The number of rotatable bonds is 4. The van der Waals surface area contributed by atoms with Crippen LogP contribution < -0.4 is 5.73 Å². The molecule has 1 atom stereocenters. The molecule has 0 bridgehead atoms. The van der Waals surface area contributed by atoms with E-state index in [4.69, 9.17) is 5.73 Å². The van der Waals surface area contributed by atoms with Crippen LogP contribution >= 0.6 is 0 Å². The maximum atomic E-state index is 12.5. The molecule has 1 aromatic rings. The predicted molar refractivity (Wildman–Crippen MR) is 75.0 cm³/mol. The van der Waals surface area contributed by atoms with Gasteiger partial charge in [-0.15, -0.1) is 0 Å². The van der Waals surface area contributed by atoms with Gasteiger partial charge in [0.05, 0.1) is 0 Å². The molecule has 1 aliphatic rings. The number of piperidine rings is 1. The molecule has 1 unspecified atom stereocenters. The fraction of sp³-hybridized carbons (Fsp3) is 0.533. The molecule has 0 aliphatic carbocycles. The number of alkyl halides is 3. The Labute approximate surface area is 126 Å². The monoisotopic (exact) mass is 316 g/mol. The third-order valence-electron chi connectivity index (χ3n) is 4.06. The summed E-state index contributed by atoms with van der Waals surface area (Å²) in [6.45, 7) is 1.62. The first-order valence-electron chi connectivity index (χ1n) is 7.13. The molecule has 2 rings (SSSR count). The average molecular weight is 316 g/mol. The average Bonchev–Trinajstić information content (AvgIpc) is 2.47. The lowest BCUT2D eigenvalue weighted by molar-refractivity contribution is -0.223. The zero-order valence-corrected chi connectivity index (χ0v) is 12.0. The Hall–Kier alpha value is -1.60. The molecule has 1 saturated heterocycles. The van der Waals surface area contributed by atoms with E-state index in [2.05, 4.69) is 0 Å². The Morgan fingerprint density at radius 2 is 1.82 bits per heavy atom. The van der Waals surface area contributed by atoms with Gasteiger partial charge in [0.25, 0.3) is 0 Å². The van der Waals surface area contributed by atoms with E-state index < -0.39 is 24.1 Å². The molecule has 1 aromatic carbocycles. The highest BCUT2D eigenvalue weighted by molar-refractivity contribution is 5.92. The molecule has 122 valence electrons. The molecule has 3 N–H and O–H groups in total. The van der Waals surface area contributed by atoms with Crippen LogP contribution in [0.1, 0.15) is 28.8 Å². The minimum absolute atomic E-state index is 0.319. The lowest BCUT2D eigenvalue weighted by Crippen LogP contribution is -2.43. The molecule has 0 saturated carbocycles. The summed E-state index contributed by atoms with van der Waals surface area (Å²) in [5, 5.41) is 9.28. The molecule has 1 aliphatic heterocycles. The molecule has 7 heteroatoms. The maximum Gasteiger partial charge on any atom is 0.414 e. The van der Waals surface area contributed by atoms with Gasteiger partial charge in [0.2, 0.25) is 5.91 Å². The minimum atomic E-state index is -4.54. The van der Waals surface area contributed by atoms with E-state index in [1.165, 1.54) is 0 Å². The zero-order chi connectivity index (χ0) is 16.3. The van der Waals surface area contributed by atoms with Gasteiger partial charge < -0.3 is 10.8 Å². The lowest BCUT2D eigenvalue weighted by Gasteiger charge is -2.34. The first kappa shape index (κ1) is 16.8. The normalized spacial score (nSPS) is 19.1. The standard InChI is InChI=1S/C15H19F3N2O2/c16-15(17,18)13(21)11-5-7-20(8-6-11)9-10-1-3-12(4-2-10)14(19)22/h1-4,11,13,21H,5-9H2,(H2,19,22). The maximum absolute atomic E-state index is 12.5. The van der Waals surface area contributed by atoms with Crippen molar-refractivity contribution in [2.24, 2.45) is 11.7 Å². The van der Waals surface area contributed by atoms with Crippen LogP contribution in [0.25, 0.3) is 0 Å². The van der Waals surface area contributed by atoms with E-state index >= 15 is 0 Å². The molecule has 1 amide bonds. The number of benzene rings is 1. The number of aliphatic hydroxyl groups excluding tert-OH is 1. The summed E-state index contributed by atoms with van der Waals surface area (Å²) >= 11 is 0. The van der Waals surface area contributed by atoms with Crippen molar-refractivity contribution in [2.45, 2.75) is 31.7 Å². The summed E-state index contributed by atoms with van der Waals surface area (Å²) in [4.78, 5) is 13.0.